The predicted octanol–water partition coefficient (Wildman–Crippen LogP) is -0.922. The number of hydrogen-bond acceptors (Lipinski definition) is 7. The fourth-order valence-electron chi connectivity index (χ4n) is 6.98. The summed E-state index contributed by atoms with van der Waals surface area (Å²) in [7, 11) is 0. The SMILES string of the molecule is O=C(C[N+]12CCC(CC1)[C@@H](OC(=O)C(O)(C1CCCC1)C1CCCC1)C2)Nc1ncncn1.[Br-]. The maximum atomic E-state index is 13.6. The molecule has 0 radical (unpaired) electrons. The number of halogens is 1. The summed E-state index contributed by atoms with van der Waals surface area (Å²) in [4.78, 5) is 38.0. The van der Waals surface area contributed by atoms with Crippen molar-refractivity contribution in [3.05, 3.63) is 12.7 Å². The summed E-state index contributed by atoms with van der Waals surface area (Å²) < 4.78 is 6.78. The van der Waals surface area contributed by atoms with Gasteiger partial charge in [0.15, 0.2) is 18.2 Å². The summed E-state index contributed by atoms with van der Waals surface area (Å²) in [6, 6.07) is 0. The van der Waals surface area contributed by atoms with E-state index < -0.39 is 11.6 Å². The molecular formula is C24H36BrN5O4. The van der Waals surface area contributed by atoms with E-state index in [9.17, 15) is 14.7 Å². The van der Waals surface area contributed by atoms with Gasteiger partial charge in [-0.3, -0.25) is 10.1 Å². The summed E-state index contributed by atoms with van der Waals surface area (Å²) in [5.74, 6) is 0.0676. The normalized spacial score (nSPS) is 29.6. The number of esters is 1. The molecule has 2 aliphatic carbocycles. The van der Waals surface area contributed by atoms with Gasteiger partial charge in [0, 0.05) is 18.8 Å². The lowest BCUT2D eigenvalue weighted by Crippen LogP contribution is -3.00. The molecule has 34 heavy (non-hydrogen) atoms. The van der Waals surface area contributed by atoms with Crippen molar-refractivity contribution in [2.24, 2.45) is 17.8 Å². The number of anilines is 1. The molecule has 4 heterocycles. The minimum atomic E-state index is -1.35. The van der Waals surface area contributed by atoms with Gasteiger partial charge in [-0.2, -0.15) is 0 Å². The van der Waals surface area contributed by atoms with Gasteiger partial charge in [0.25, 0.3) is 5.91 Å². The second kappa shape index (κ2) is 10.5. The Morgan fingerprint density at radius 3 is 2.12 bits per heavy atom. The van der Waals surface area contributed by atoms with Crippen molar-refractivity contribution in [1.82, 2.24) is 15.0 Å². The first kappa shape index (κ1) is 25.4. The van der Waals surface area contributed by atoms with E-state index in [0.29, 0.717) is 23.5 Å². The van der Waals surface area contributed by atoms with Gasteiger partial charge >= 0.3 is 5.97 Å². The molecule has 0 aromatic carbocycles. The number of rotatable bonds is 7. The fraction of sp³-hybridized carbons (Fsp3) is 0.792. The monoisotopic (exact) mass is 537 g/mol. The number of fused-ring (bicyclic) bond motifs is 3. The molecule has 1 aromatic rings. The Balaban J connectivity index is 0.00000274. The van der Waals surface area contributed by atoms with Crippen molar-refractivity contribution >= 4 is 17.8 Å². The first-order valence-corrected chi connectivity index (χ1v) is 12.7. The third-order valence-corrected chi connectivity index (χ3v) is 8.81. The third kappa shape index (κ3) is 4.99. The molecule has 1 aromatic heterocycles. The van der Waals surface area contributed by atoms with Gasteiger partial charge in [-0.05, 0) is 37.5 Å². The topological polar surface area (TPSA) is 114 Å². The highest BCUT2D eigenvalue weighted by Crippen LogP contribution is 2.46. The molecule has 9 nitrogen and oxygen atoms in total. The largest absolute Gasteiger partial charge is 1.00 e. The number of nitrogens with one attached hydrogen (secondary N) is 1. The summed E-state index contributed by atoms with van der Waals surface area (Å²) in [5.41, 5.74) is -1.35. The molecule has 0 unspecified atom stereocenters. The summed E-state index contributed by atoms with van der Waals surface area (Å²) in [6.07, 6.45) is 12.3. The Morgan fingerprint density at radius 1 is 1.00 bits per heavy atom. The Labute approximate surface area is 211 Å². The van der Waals surface area contributed by atoms with Crippen LogP contribution >= 0.6 is 0 Å². The van der Waals surface area contributed by atoms with Crippen molar-refractivity contribution in [1.29, 1.82) is 0 Å². The quantitative estimate of drug-likeness (QED) is 0.341. The molecule has 2 bridgehead atoms. The highest BCUT2D eigenvalue weighted by atomic mass is 79.9. The van der Waals surface area contributed by atoms with Crippen molar-refractivity contribution < 1.29 is 40.9 Å². The second-order valence-electron chi connectivity index (χ2n) is 10.7. The smallest absolute Gasteiger partial charge is 0.339 e. The van der Waals surface area contributed by atoms with E-state index in [0.717, 1.165) is 77.3 Å². The zero-order chi connectivity index (χ0) is 22.9. The number of carbonyl (C=O) groups is 2. The fourth-order valence-corrected chi connectivity index (χ4v) is 6.98. The standard InChI is InChI=1S/C24H35N5O4.BrH/c30-21(28-23-26-15-25-16-27-23)14-29-11-9-17(10-12-29)20(13-29)33-22(31)24(32,18-5-1-2-6-18)19-7-3-4-8-19;/h15-20,32H,1-14H2;1H/t17?,20-,29?;/m0./s1. The number of quaternary nitrogens is 1. The number of aliphatic hydroxyl groups is 1. The van der Waals surface area contributed by atoms with Crippen LogP contribution in [-0.2, 0) is 14.3 Å². The summed E-state index contributed by atoms with van der Waals surface area (Å²) in [5, 5.41) is 14.5. The molecule has 3 aliphatic heterocycles. The van der Waals surface area contributed by atoms with Crippen molar-refractivity contribution in [3.63, 3.8) is 0 Å². The van der Waals surface area contributed by atoms with Crippen LogP contribution in [0.4, 0.5) is 5.95 Å². The maximum absolute atomic E-state index is 13.6. The molecule has 2 saturated carbocycles. The lowest BCUT2D eigenvalue weighted by atomic mass is 9.74. The molecule has 0 spiro atoms. The average molecular weight is 538 g/mol. The van der Waals surface area contributed by atoms with Gasteiger partial charge in [-0.15, -0.1) is 0 Å². The lowest BCUT2D eigenvalue weighted by Gasteiger charge is -2.52. The number of ether oxygens (including phenoxy) is 1. The van der Waals surface area contributed by atoms with Crippen molar-refractivity contribution in [2.45, 2.75) is 75.9 Å². The lowest BCUT2D eigenvalue weighted by molar-refractivity contribution is -0.939. The first-order chi connectivity index (χ1) is 16.0. The van der Waals surface area contributed by atoms with Crippen LogP contribution in [-0.4, -0.2) is 74.3 Å². The second-order valence-corrected chi connectivity index (χ2v) is 10.7. The summed E-state index contributed by atoms with van der Waals surface area (Å²) >= 11 is 0. The van der Waals surface area contributed by atoms with Gasteiger partial charge in [0.1, 0.15) is 19.2 Å². The zero-order valence-corrected chi connectivity index (χ0v) is 21.3. The van der Waals surface area contributed by atoms with Crippen LogP contribution in [0, 0.1) is 17.8 Å². The number of carbonyl (C=O) groups excluding carboxylic acids is 2. The number of hydrogen-bond donors (Lipinski definition) is 2. The Bertz CT molecular complexity index is 836. The molecular weight excluding hydrogens is 502 g/mol. The average Bonchev–Trinajstić information content (AvgIpc) is 3.54. The van der Waals surface area contributed by atoms with Gasteiger partial charge in [-0.1, -0.05) is 25.7 Å². The molecule has 5 fully saturated rings. The molecule has 3 saturated heterocycles. The van der Waals surface area contributed by atoms with Gasteiger partial charge < -0.3 is 31.3 Å². The molecule has 1 amide bonds. The van der Waals surface area contributed by atoms with E-state index in [-0.39, 0.29) is 46.8 Å². The molecule has 10 heteroatoms. The molecule has 1 atom stereocenters. The Morgan fingerprint density at radius 2 is 1.56 bits per heavy atom. The number of amides is 1. The Kier molecular flexibility index (Phi) is 7.89. The molecule has 2 N–H and O–H groups in total. The predicted molar refractivity (Wildman–Crippen MR) is 120 cm³/mol. The number of aromatic nitrogens is 3. The molecule has 5 aliphatic rings. The highest BCUT2D eigenvalue weighted by Gasteiger charge is 2.55. The first-order valence-electron chi connectivity index (χ1n) is 12.7. The van der Waals surface area contributed by atoms with Crippen LogP contribution < -0.4 is 22.3 Å². The number of piperidine rings is 3. The van der Waals surface area contributed by atoms with Crippen LogP contribution in [0.2, 0.25) is 0 Å². The van der Waals surface area contributed by atoms with Crippen LogP contribution in [0.1, 0.15) is 64.2 Å². The number of nitrogens with zero attached hydrogens (tertiary/aromatic N) is 4. The van der Waals surface area contributed by atoms with E-state index in [1.165, 1.54) is 12.7 Å². The molecule has 188 valence electrons. The molecule has 6 rings (SSSR count). The minimum absolute atomic E-state index is 0. The van der Waals surface area contributed by atoms with E-state index in [4.69, 9.17) is 4.74 Å². The van der Waals surface area contributed by atoms with Crippen molar-refractivity contribution in [2.75, 3.05) is 31.5 Å². The Hall–Kier alpha value is -1.65. The maximum Gasteiger partial charge on any atom is 0.339 e. The van der Waals surface area contributed by atoms with E-state index in [2.05, 4.69) is 20.3 Å². The third-order valence-electron chi connectivity index (χ3n) is 8.81. The minimum Gasteiger partial charge on any atom is -1.00 e. The van der Waals surface area contributed by atoms with Crippen molar-refractivity contribution in [3.8, 4) is 0 Å². The summed E-state index contributed by atoms with van der Waals surface area (Å²) in [6.45, 7) is 2.74. The van der Waals surface area contributed by atoms with Crippen LogP contribution in [0.25, 0.3) is 0 Å². The van der Waals surface area contributed by atoms with Crippen LogP contribution in [0.15, 0.2) is 12.7 Å². The van der Waals surface area contributed by atoms with E-state index in [1.807, 2.05) is 0 Å². The van der Waals surface area contributed by atoms with Gasteiger partial charge in [0.05, 0.1) is 13.1 Å². The van der Waals surface area contributed by atoms with Gasteiger partial charge in [0.2, 0.25) is 5.95 Å². The van der Waals surface area contributed by atoms with Crippen LogP contribution in [0.3, 0.4) is 0 Å². The highest BCUT2D eigenvalue weighted by molar-refractivity contribution is 5.89. The zero-order valence-electron chi connectivity index (χ0n) is 19.7. The van der Waals surface area contributed by atoms with Gasteiger partial charge in [-0.25, -0.2) is 19.7 Å². The van der Waals surface area contributed by atoms with E-state index in [1.54, 1.807) is 0 Å². The van der Waals surface area contributed by atoms with Crippen LogP contribution in [0.5, 0.6) is 0 Å². The van der Waals surface area contributed by atoms with E-state index >= 15 is 0 Å².